The van der Waals surface area contributed by atoms with E-state index in [9.17, 15) is 8.42 Å². The number of para-hydroxylation sites is 1. The van der Waals surface area contributed by atoms with E-state index in [0.29, 0.717) is 0 Å². The second kappa shape index (κ2) is 7.42. The van der Waals surface area contributed by atoms with Crippen LogP contribution in [0.4, 0.5) is 0 Å². The molecule has 0 fully saturated rings. The van der Waals surface area contributed by atoms with Gasteiger partial charge in [-0.2, -0.15) is 0 Å². The number of benzene rings is 2. The average molecular weight is 319 g/mol. The summed E-state index contributed by atoms with van der Waals surface area (Å²) in [7, 11) is -3.50. The lowest BCUT2D eigenvalue weighted by Crippen LogP contribution is -2.33. The molecule has 2 rings (SSSR count). The van der Waals surface area contributed by atoms with Crippen LogP contribution in [-0.2, 0) is 16.4 Å². The van der Waals surface area contributed by atoms with Gasteiger partial charge in [-0.3, -0.25) is 0 Å². The van der Waals surface area contributed by atoms with Crippen LogP contribution in [0.25, 0.3) is 0 Å². The van der Waals surface area contributed by atoms with E-state index in [4.69, 9.17) is 4.74 Å². The molecule has 0 radical (unpaired) electrons. The standard InChI is InChI=1S/C17H21NO3S/c1-3-15-9-11-17(12-10-15)22(19,20)18-13-14(2)21-16-7-5-4-6-8-16/h4-12,14,18H,3,13H2,1-2H3. The van der Waals surface area contributed by atoms with Crippen LogP contribution in [0.3, 0.4) is 0 Å². The summed E-state index contributed by atoms with van der Waals surface area (Å²) in [4.78, 5) is 0.275. The van der Waals surface area contributed by atoms with E-state index in [2.05, 4.69) is 4.72 Å². The van der Waals surface area contributed by atoms with Crippen molar-refractivity contribution in [3.8, 4) is 5.75 Å². The third kappa shape index (κ3) is 4.58. The van der Waals surface area contributed by atoms with Gasteiger partial charge >= 0.3 is 0 Å². The fourth-order valence-electron chi connectivity index (χ4n) is 1.99. The molecule has 118 valence electrons. The molecule has 0 aliphatic rings. The zero-order valence-electron chi connectivity index (χ0n) is 12.8. The molecule has 0 spiro atoms. The first-order valence-electron chi connectivity index (χ1n) is 7.31. The first kappa shape index (κ1) is 16.5. The summed E-state index contributed by atoms with van der Waals surface area (Å²) in [6.45, 7) is 4.08. The first-order valence-corrected chi connectivity index (χ1v) is 8.80. The highest BCUT2D eigenvalue weighted by Gasteiger charge is 2.15. The summed E-state index contributed by atoms with van der Waals surface area (Å²) in [5.41, 5.74) is 1.11. The lowest BCUT2D eigenvalue weighted by molar-refractivity contribution is 0.225. The van der Waals surface area contributed by atoms with Crippen LogP contribution in [0.15, 0.2) is 59.5 Å². The van der Waals surface area contributed by atoms with E-state index >= 15 is 0 Å². The Morgan fingerprint density at radius 1 is 1.05 bits per heavy atom. The smallest absolute Gasteiger partial charge is 0.240 e. The van der Waals surface area contributed by atoms with Crippen LogP contribution in [0.5, 0.6) is 5.75 Å². The van der Waals surface area contributed by atoms with Gasteiger partial charge < -0.3 is 4.74 Å². The van der Waals surface area contributed by atoms with Crippen molar-refractivity contribution in [2.45, 2.75) is 31.3 Å². The molecule has 1 atom stereocenters. The normalized spacial score (nSPS) is 12.8. The third-order valence-electron chi connectivity index (χ3n) is 3.28. The van der Waals surface area contributed by atoms with E-state index in [1.54, 1.807) is 12.1 Å². The van der Waals surface area contributed by atoms with Crippen molar-refractivity contribution in [1.82, 2.24) is 4.72 Å². The molecule has 1 unspecified atom stereocenters. The molecule has 2 aromatic rings. The molecule has 22 heavy (non-hydrogen) atoms. The SMILES string of the molecule is CCc1ccc(S(=O)(=O)NCC(C)Oc2ccccc2)cc1. The Morgan fingerprint density at radius 3 is 2.27 bits per heavy atom. The van der Waals surface area contributed by atoms with Crippen LogP contribution in [0, 0.1) is 0 Å². The Kier molecular flexibility index (Phi) is 5.57. The molecule has 0 aromatic heterocycles. The first-order chi connectivity index (χ1) is 10.5. The lowest BCUT2D eigenvalue weighted by Gasteiger charge is -2.15. The van der Waals surface area contributed by atoms with Crippen molar-refractivity contribution in [3.63, 3.8) is 0 Å². The Labute approximate surface area is 132 Å². The molecular formula is C17H21NO3S. The highest BCUT2D eigenvalue weighted by molar-refractivity contribution is 7.89. The number of hydrogen-bond acceptors (Lipinski definition) is 3. The van der Waals surface area contributed by atoms with Gasteiger partial charge in [-0.15, -0.1) is 0 Å². The molecule has 1 N–H and O–H groups in total. The number of rotatable bonds is 7. The summed E-state index contributed by atoms with van der Waals surface area (Å²) in [6, 6.07) is 16.3. The predicted molar refractivity (Wildman–Crippen MR) is 87.5 cm³/mol. The van der Waals surface area contributed by atoms with Gasteiger partial charge in [0.1, 0.15) is 11.9 Å². The summed E-state index contributed by atoms with van der Waals surface area (Å²) >= 11 is 0. The van der Waals surface area contributed by atoms with Gasteiger partial charge in [-0.1, -0.05) is 37.3 Å². The van der Waals surface area contributed by atoms with Crippen molar-refractivity contribution in [2.75, 3.05) is 6.54 Å². The van der Waals surface area contributed by atoms with Gasteiger partial charge in [0.05, 0.1) is 4.90 Å². The Bertz CT molecular complexity index is 682. The van der Waals surface area contributed by atoms with E-state index in [0.717, 1.165) is 17.7 Å². The zero-order valence-corrected chi connectivity index (χ0v) is 13.6. The maximum absolute atomic E-state index is 12.2. The van der Waals surface area contributed by atoms with Crippen molar-refractivity contribution in [1.29, 1.82) is 0 Å². The Morgan fingerprint density at radius 2 is 1.68 bits per heavy atom. The summed E-state index contributed by atoms with van der Waals surface area (Å²) in [6.07, 6.45) is 0.627. The summed E-state index contributed by atoms with van der Waals surface area (Å²) in [5.74, 6) is 0.724. The fraction of sp³-hybridized carbons (Fsp3) is 0.294. The average Bonchev–Trinajstić information content (AvgIpc) is 2.54. The maximum atomic E-state index is 12.2. The highest BCUT2D eigenvalue weighted by Crippen LogP contribution is 2.13. The van der Waals surface area contributed by atoms with E-state index in [1.807, 2.05) is 56.3 Å². The summed E-state index contributed by atoms with van der Waals surface area (Å²) in [5, 5.41) is 0. The highest BCUT2D eigenvalue weighted by atomic mass is 32.2. The molecule has 0 bridgehead atoms. The van der Waals surface area contributed by atoms with Crippen molar-refractivity contribution < 1.29 is 13.2 Å². The quantitative estimate of drug-likeness (QED) is 0.853. The number of aryl methyl sites for hydroxylation is 1. The monoisotopic (exact) mass is 319 g/mol. The zero-order chi connectivity index (χ0) is 16.0. The van der Waals surface area contributed by atoms with Crippen LogP contribution in [0.2, 0.25) is 0 Å². The van der Waals surface area contributed by atoms with Gasteiger partial charge in [0.15, 0.2) is 0 Å². The molecular weight excluding hydrogens is 298 g/mol. The second-order valence-electron chi connectivity index (χ2n) is 5.09. The third-order valence-corrected chi connectivity index (χ3v) is 4.72. The Hall–Kier alpha value is -1.85. The molecule has 0 aliphatic carbocycles. The minimum absolute atomic E-state index is 0.215. The predicted octanol–water partition coefficient (Wildman–Crippen LogP) is 2.99. The fourth-order valence-corrected chi connectivity index (χ4v) is 3.10. The molecule has 5 heteroatoms. The molecule has 0 aliphatic heterocycles. The van der Waals surface area contributed by atoms with E-state index < -0.39 is 10.0 Å². The largest absolute Gasteiger partial charge is 0.489 e. The molecule has 0 saturated heterocycles. The molecule has 2 aromatic carbocycles. The van der Waals surface area contributed by atoms with Crippen molar-refractivity contribution >= 4 is 10.0 Å². The van der Waals surface area contributed by atoms with Gasteiger partial charge in [0.25, 0.3) is 0 Å². The number of ether oxygens (including phenoxy) is 1. The maximum Gasteiger partial charge on any atom is 0.240 e. The van der Waals surface area contributed by atoms with Gasteiger partial charge in [-0.25, -0.2) is 13.1 Å². The minimum Gasteiger partial charge on any atom is -0.489 e. The second-order valence-corrected chi connectivity index (χ2v) is 6.86. The van der Waals surface area contributed by atoms with Crippen molar-refractivity contribution in [3.05, 3.63) is 60.2 Å². The van der Waals surface area contributed by atoms with Crippen LogP contribution >= 0.6 is 0 Å². The van der Waals surface area contributed by atoms with Gasteiger partial charge in [0, 0.05) is 6.54 Å². The molecule has 0 saturated carbocycles. The number of nitrogens with one attached hydrogen (secondary N) is 1. The Balaban J connectivity index is 1.94. The van der Waals surface area contributed by atoms with E-state index in [1.165, 1.54) is 0 Å². The topological polar surface area (TPSA) is 55.4 Å². The van der Waals surface area contributed by atoms with E-state index in [-0.39, 0.29) is 17.5 Å². The molecule has 0 amide bonds. The summed E-state index contributed by atoms with van der Waals surface area (Å²) < 4.78 is 32.7. The van der Waals surface area contributed by atoms with Gasteiger partial charge in [-0.05, 0) is 43.2 Å². The van der Waals surface area contributed by atoms with Gasteiger partial charge in [0.2, 0.25) is 10.0 Å². The lowest BCUT2D eigenvalue weighted by atomic mass is 10.2. The van der Waals surface area contributed by atoms with Crippen LogP contribution < -0.4 is 9.46 Å². The number of sulfonamides is 1. The minimum atomic E-state index is -3.50. The van der Waals surface area contributed by atoms with Crippen LogP contribution in [0.1, 0.15) is 19.4 Å². The number of hydrogen-bond donors (Lipinski definition) is 1. The molecule has 0 heterocycles. The molecule has 4 nitrogen and oxygen atoms in total. The van der Waals surface area contributed by atoms with Crippen LogP contribution in [-0.4, -0.2) is 21.1 Å². The van der Waals surface area contributed by atoms with Crippen molar-refractivity contribution in [2.24, 2.45) is 0 Å².